The summed E-state index contributed by atoms with van der Waals surface area (Å²) in [6.07, 6.45) is 2.45. The summed E-state index contributed by atoms with van der Waals surface area (Å²) in [5.74, 6) is 0.763. The van der Waals surface area contributed by atoms with Gasteiger partial charge in [-0.05, 0) is 25.7 Å². The molecule has 1 aromatic heterocycles. The molecule has 8 nitrogen and oxygen atoms in total. The molecule has 0 amide bonds. The first-order valence-corrected chi connectivity index (χ1v) is 8.08. The Morgan fingerprint density at radius 3 is 2.00 bits per heavy atom. The van der Waals surface area contributed by atoms with E-state index in [4.69, 9.17) is 10.8 Å². The second-order valence-electron chi connectivity index (χ2n) is 6.26. The Hall–Kier alpha value is -2.09. The zero-order chi connectivity index (χ0) is 16.4. The first kappa shape index (κ1) is 15.8. The Kier molecular flexibility index (Phi) is 4.51. The topological polar surface area (TPSA) is 116 Å². The van der Waals surface area contributed by atoms with Crippen LogP contribution in [-0.2, 0) is 4.79 Å². The van der Waals surface area contributed by atoms with Crippen molar-refractivity contribution < 1.29 is 15.0 Å². The largest absolute Gasteiger partial charge is 0.481 e. The van der Waals surface area contributed by atoms with Crippen molar-refractivity contribution in [3.63, 3.8) is 0 Å². The minimum Gasteiger partial charge on any atom is -0.481 e. The second kappa shape index (κ2) is 6.57. The van der Waals surface area contributed by atoms with Crippen LogP contribution < -0.4 is 15.5 Å². The number of nitrogens with two attached hydrogens (primary N) is 1. The molecule has 0 spiro atoms. The fourth-order valence-electron chi connectivity index (χ4n) is 3.21. The van der Waals surface area contributed by atoms with Crippen molar-refractivity contribution >= 4 is 23.6 Å². The smallest absolute Gasteiger partial charge is 0.306 e. The standard InChI is InChI=1S/C15H23N5O3/c16-15-17-12(19-5-1-10(2-6-19)14(22)23)9-13(18-15)20-7-3-11(21)4-8-20/h9-11,21H,1-8H2,(H,22,23)(H2,16,17,18). The summed E-state index contributed by atoms with van der Waals surface area (Å²) < 4.78 is 0. The van der Waals surface area contributed by atoms with Crippen molar-refractivity contribution in [2.24, 2.45) is 5.92 Å². The Morgan fingerprint density at radius 2 is 1.52 bits per heavy atom. The molecular formula is C15H23N5O3. The van der Waals surface area contributed by atoms with E-state index in [1.165, 1.54) is 0 Å². The van der Waals surface area contributed by atoms with Gasteiger partial charge < -0.3 is 25.7 Å². The fraction of sp³-hybridized carbons (Fsp3) is 0.667. The van der Waals surface area contributed by atoms with Crippen molar-refractivity contribution in [3.8, 4) is 0 Å². The van der Waals surface area contributed by atoms with Gasteiger partial charge in [0, 0.05) is 32.2 Å². The molecule has 0 atom stereocenters. The summed E-state index contributed by atoms with van der Waals surface area (Å²) in [7, 11) is 0. The van der Waals surface area contributed by atoms with Crippen LogP contribution in [0.3, 0.4) is 0 Å². The van der Waals surface area contributed by atoms with E-state index in [-0.39, 0.29) is 18.0 Å². The zero-order valence-electron chi connectivity index (χ0n) is 13.1. The summed E-state index contributed by atoms with van der Waals surface area (Å²) >= 11 is 0. The van der Waals surface area contributed by atoms with E-state index in [1.807, 2.05) is 6.07 Å². The number of piperidine rings is 2. The van der Waals surface area contributed by atoms with Crippen LogP contribution in [0.4, 0.5) is 17.6 Å². The van der Waals surface area contributed by atoms with Gasteiger partial charge in [-0.15, -0.1) is 0 Å². The van der Waals surface area contributed by atoms with Crippen molar-refractivity contribution in [2.45, 2.75) is 31.8 Å². The maximum atomic E-state index is 11.0. The van der Waals surface area contributed by atoms with Gasteiger partial charge in [0.25, 0.3) is 0 Å². The molecule has 0 saturated carbocycles. The molecule has 0 unspecified atom stereocenters. The summed E-state index contributed by atoms with van der Waals surface area (Å²) in [5, 5.41) is 18.7. The number of carbonyl (C=O) groups is 1. The number of aliphatic hydroxyl groups excluding tert-OH is 1. The van der Waals surface area contributed by atoms with Crippen LogP contribution in [0.5, 0.6) is 0 Å². The molecule has 3 rings (SSSR count). The number of aromatic nitrogens is 2. The molecule has 0 radical (unpaired) electrons. The summed E-state index contributed by atoms with van der Waals surface area (Å²) in [5.41, 5.74) is 5.86. The lowest BCUT2D eigenvalue weighted by Crippen LogP contribution is -2.38. The lowest BCUT2D eigenvalue weighted by Gasteiger charge is -2.33. The highest BCUT2D eigenvalue weighted by atomic mass is 16.4. The lowest BCUT2D eigenvalue weighted by molar-refractivity contribution is -0.142. The van der Waals surface area contributed by atoms with Crippen LogP contribution in [0.15, 0.2) is 6.07 Å². The third-order valence-electron chi connectivity index (χ3n) is 4.67. The molecule has 2 aliphatic heterocycles. The van der Waals surface area contributed by atoms with Gasteiger partial charge in [-0.3, -0.25) is 4.79 Å². The number of anilines is 3. The third kappa shape index (κ3) is 3.64. The number of nitrogen functional groups attached to an aromatic ring is 1. The normalized spacial score (nSPS) is 20.7. The van der Waals surface area contributed by atoms with Gasteiger partial charge >= 0.3 is 5.97 Å². The molecule has 126 valence electrons. The van der Waals surface area contributed by atoms with Gasteiger partial charge in [0.2, 0.25) is 5.95 Å². The number of aliphatic hydroxyl groups is 1. The molecular weight excluding hydrogens is 298 g/mol. The molecule has 0 aliphatic carbocycles. The quantitative estimate of drug-likeness (QED) is 0.729. The first-order valence-electron chi connectivity index (χ1n) is 8.08. The van der Waals surface area contributed by atoms with Crippen LogP contribution in [-0.4, -0.2) is 58.4 Å². The molecule has 2 aliphatic rings. The average molecular weight is 321 g/mol. The predicted octanol–water partition coefficient (Wildman–Crippen LogP) is 0.321. The highest BCUT2D eigenvalue weighted by molar-refractivity contribution is 5.70. The van der Waals surface area contributed by atoms with Crippen molar-refractivity contribution in [2.75, 3.05) is 41.7 Å². The molecule has 4 N–H and O–H groups in total. The van der Waals surface area contributed by atoms with E-state index in [0.717, 1.165) is 37.6 Å². The molecule has 8 heteroatoms. The Balaban J connectivity index is 1.72. The molecule has 23 heavy (non-hydrogen) atoms. The van der Waals surface area contributed by atoms with Gasteiger partial charge in [-0.2, -0.15) is 9.97 Å². The minimum absolute atomic E-state index is 0.226. The first-order chi connectivity index (χ1) is 11.0. The number of carboxylic acids is 1. The van der Waals surface area contributed by atoms with Gasteiger partial charge in [-0.1, -0.05) is 0 Å². The van der Waals surface area contributed by atoms with E-state index in [1.54, 1.807) is 0 Å². The lowest BCUT2D eigenvalue weighted by atomic mass is 9.97. The minimum atomic E-state index is -0.723. The molecule has 3 heterocycles. The summed E-state index contributed by atoms with van der Waals surface area (Å²) in [6.45, 7) is 2.81. The van der Waals surface area contributed by atoms with E-state index >= 15 is 0 Å². The Morgan fingerprint density at radius 1 is 1.04 bits per heavy atom. The maximum Gasteiger partial charge on any atom is 0.306 e. The fourth-order valence-corrected chi connectivity index (χ4v) is 3.21. The monoisotopic (exact) mass is 321 g/mol. The van der Waals surface area contributed by atoms with Gasteiger partial charge in [0.05, 0.1) is 12.0 Å². The molecule has 2 saturated heterocycles. The number of hydrogen-bond donors (Lipinski definition) is 3. The maximum absolute atomic E-state index is 11.0. The van der Waals surface area contributed by atoms with E-state index < -0.39 is 5.97 Å². The van der Waals surface area contributed by atoms with Crippen molar-refractivity contribution in [3.05, 3.63) is 6.07 Å². The Labute approximate surface area is 134 Å². The van der Waals surface area contributed by atoms with E-state index in [0.29, 0.717) is 25.9 Å². The molecule has 0 aromatic carbocycles. The van der Waals surface area contributed by atoms with Crippen LogP contribution in [0.2, 0.25) is 0 Å². The summed E-state index contributed by atoms with van der Waals surface area (Å²) in [4.78, 5) is 23.8. The molecule has 2 fully saturated rings. The molecule has 1 aromatic rings. The Bertz CT molecular complexity index is 566. The van der Waals surface area contributed by atoms with Crippen LogP contribution in [0, 0.1) is 5.92 Å². The highest BCUT2D eigenvalue weighted by Crippen LogP contribution is 2.26. The number of hydrogen-bond acceptors (Lipinski definition) is 7. The number of carboxylic acid groups (broad SMARTS) is 1. The summed E-state index contributed by atoms with van der Waals surface area (Å²) in [6, 6.07) is 1.91. The predicted molar refractivity (Wildman–Crippen MR) is 86.5 cm³/mol. The average Bonchev–Trinajstić information content (AvgIpc) is 2.55. The molecule has 0 bridgehead atoms. The van der Waals surface area contributed by atoms with E-state index in [2.05, 4.69) is 19.8 Å². The highest BCUT2D eigenvalue weighted by Gasteiger charge is 2.26. The van der Waals surface area contributed by atoms with Gasteiger partial charge in [0.15, 0.2) is 0 Å². The third-order valence-corrected chi connectivity index (χ3v) is 4.67. The second-order valence-corrected chi connectivity index (χ2v) is 6.26. The van der Waals surface area contributed by atoms with Crippen molar-refractivity contribution in [1.82, 2.24) is 9.97 Å². The van der Waals surface area contributed by atoms with Crippen LogP contribution in [0.25, 0.3) is 0 Å². The number of aliphatic carboxylic acids is 1. The number of nitrogens with zero attached hydrogens (tertiary/aromatic N) is 4. The van der Waals surface area contributed by atoms with Crippen LogP contribution in [0.1, 0.15) is 25.7 Å². The van der Waals surface area contributed by atoms with E-state index in [9.17, 15) is 9.90 Å². The van der Waals surface area contributed by atoms with Gasteiger partial charge in [-0.25, -0.2) is 0 Å². The van der Waals surface area contributed by atoms with Crippen molar-refractivity contribution in [1.29, 1.82) is 0 Å². The zero-order valence-corrected chi connectivity index (χ0v) is 13.1. The SMILES string of the molecule is Nc1nc(N2CCC(O)CC2)cc(N2CCC(C(=O)O)CC2)n1. The van der Waals surface area contributed by atoms with Crippen LogP contribution >= 0.6 is 0 Å². The number of rotatable bonds is 3. The van der Waals surface area contributed by atoms with Gasteiger partial charge in [0.1, 0.15) is 11.6 Å².